The lowest BCUT2D eigenvalue weighted by Gasteiger charge is -2.33. The van der Waals surface area contributed by atoms with E-state index in [1.165, 1.54) is 0 Å². The number of aromatic nitrogens is 2. The minimum Gasteiger partial charge on any atom is -0.442 e. The fourth-order valence-corrected chi connectivity index (χ4v) is 3.23. The highest BCUT2D eigenvalue weighted by atomic mass is 16.3. The molecule has 124 valence electrons. The van der Waals surface area contributed by atoms with Gasteiger partial charge in [-0.1, -0.05) is 0 Å². The fraction of sp³-hybridized carbons (Fsp3) is 0.529. The summed E-state index contributed by atoms with van der Waals surface area (Å²) in [6, 6.07) is 2.36. The highest BCUT2D eigenvalue weighted by Gasteiger charge is 2.44. The Labute approximate surface area is 139 Å². The van der Waals surface area contributed by atoms with Crippen LogP contribution in [0.1, 0.15) is 61.0 Å². The highest BCUT2D eigenvalue weighted by Crippen LogP contribution is 2.45. The van der Waals surface area contributed by atoms with Crippen molar-refractivity contribution in [1.82, 2.24) is 9.97 Å². The molecule has 3 N–H and O–H groups in total. The van der Waals surface area contributed by atoms with Crippen LogP contribution in [0.4, 0.5) is 5.82 Å². The third-order valence-corrected chi connectivity index (χ3v) is 5.24. The van der Waals surface area contributed by atoms with Gasteiger partial charge in [0.15, 0.2) is 5.82 Å². The largest absolute Gasteiger partial charge is 0.442 e. The standard InChI is InChI=1S/C17H19N5O2/c1-9-10(12(19)23)11-13(22-16(2)6-7-16)20-15(21-14(11)24-9)17(8-18)4-3-5-17/h3-7H2,1-2H3,(H2,19,23)(H,20,21,22). The molecular weight excluding hydrogens is 306 g/mol. The van der Waals surface area contributed by atoms with E-state index in [-0.39, 0.29) is 5.54 Å². The van der Waals surface area contributed by atoms with E-state index in [0.29, 0.717) is 34.1 Å². The van der Waals surface area contributed by atoms with Crippen LogP contribution < -0.4 is 11.1 Å². The third kappa shape index (κ3) is 2.06. The zero-order valence-electron chi connectivity index (χ0n) is 13.8. The van der Waals surface area contributed by atoms with E-state index in [2.05, 4.69) is 28.3 Å². The van der Waals surface area contributed by atoms with Crippen molar-refractivity contribution in [3.63, 3.8) is 0 Å². The van der Waals surface area contributed by atoms with Gasteiger partial charge in [-0.2, -0.15) is 10.2 Å². The Morgan fingerprint density at radius 3 is 2.54 bits per heavy atom. The quantitative estimate of drug-likeness (QED) is 0.891. The van der Waals surface area contributed by atoms with Gasteiger partial charge in [0.05, 0.1) is 17.0 Å². The molecule has 7 heteroatoms. The van der Waals surface area contributed by atoms with Crippen LogP contribution in [-0.4, -0.2) is 21.4 Å². The van der Waals surface area contributed by atoms with E-state index in [1.54, 1.807) is 6.92 Å². The summed E-state index contributed by atoms with van der Waals surface area (Å²) < 4.78 is 5.68. The Bertz CT molecular complexity index is 900. The molecule has 0 saturated heterocycles. The Morgan fingerprint density at radius 2 is 2.04 bits per heavy atom. The molecule has 2 aliphatic rings. The first-order chi connectivity index (χ1) is 11.4. The first-order valence-electron chi connectivity index (χ1n) is 8.18. The van der Waals surface area contributed by atoms with Gasteiger partial charge in [0.2, 0.25) is 5.71 Å². The number of fused-ring (bicyclic) bond motifs is 1. The molecule has 2 saturated carbocycles. The van der Waals surface area contributed by atoms with Crippen molar-refractivity contribution in [3.05, 3.63) is 17.1 Å². The summed E-state index contributed by atoms with van der Waals surface area (Å²) in [5.74, 6) is 0.875. The molecule has 0 unspecified atom stereocenters. The van der Waals surface area contributed by atoms with Crippen molar-refractivity contribution in [2.45, 2.75) is 56.9 Å². The zero-order valence-corrected chi connectivity index (χ0v) is 13.8. The number of nitrogens with one attached hydrogen (secondary N) is 1. The molecule has 0 aliphatic heterocycles. The molecule has 1 amide bonds. The fourth-order valence-electron chi connectivity index (χ4n) is 3.23. The van der Waals surface area contributed by atoms with E-state index in [9.17, 15) is 10.1 Å². The summed E-state index contributed by atoms with van der Waals surface area (Å²) in [5.41, 5.74) is 5.46. The first-order valence-corrected chi connectivity index (χ1v) is 8.18. The van der Waals surface area contributed by atoms with Gasteiger partial charge in [-0.3, -0.25) is 4.79 Å². The number of anilines is 1. The van der Waals surface area contributed by atoms with Crippen LogP contribution in [-0.2, 0) is 5.41 Å². The predicted molar refractivity (Wildman–Crippen MR) is 87.5 cm³/mol. The summed E-state index contributed by atoms with van der Waals surface area (Å²) in [5, 5.41) is 13.5. The maximum Gasteiger partial charge on any atom is 0.253 e. The van der Waals surface area contributed by atoms with E-state index in [4.69, 9.17) is 10.2 Å². The molecule has 0 radical (unpaired) electrons. The molecule has 24 heavy (non-hydrogen) atoms. The van der Waals surface area contributed by atoms with Gasteiger partial charge in [0.1, 0.15) is 17.0 Å². The molecule has 2 aliphatic carbocycles. The normalized spacial score (nSPS) is 20.2. The van der Waals surface area contributed by atoms with Crippen molar-refractivity contribution in [1.29, 1.82) is 5.26 Å². The number of hydrogen-bond acceptors (Lipinski definition) is 6. The average Bonchev–Trinajstić information content (AvgIpc) is 3.07. The number of primary amides is 1. The monoisotopic (exact) mass is 325 g/mol. The van der Waals surface area contributed by atoms with Crippen LogP contribution in [0.3, 0.4) is 0 Å². The van der Waals surface area contributed by atoms with Crippen LogP contribution in [0, 0.1) is 18.3 Å². The number of amides is 1. The number of furan rings is 1. The van der Waals surface area contributed by atoms with Crippen LogP contribution >= 0.6 is 0 Å². The molecule has 2 aromatic rings. The minimum atomic E-state index is -0.650. The highest BCUT2D eigenvalue weighted by molar-refractivity contribution is 6.09. The third-order valence-electron chi connectivity index (χ3n) is 5.24. The number of aryl methyl sites for hydroxylation is 1. The Balaban J connectivity index is 1.96. The molecule has 0 bridgehead atoms. The Hall–Kier alpha value is -2.62. The molecule has 0 spiro atoms. The summed E-state index contributed by atoms with van der Waals surface area (Å²) >= 11 is 0. The van der Waals surface area contributed by atoms with Gasteiger partial charge in [0, 0.05) is 5.54 Å². The van der Waals surface area contributed by atoms with Gasteiger partial charge in [0.25, 0.3) is 5.91 Å². The number of nitrogens with two attached hydrogens (primary N) is 1. The summed E-state index contributed by atoms with van der Waals surface area (Å²) in [7, 11) is 0. The molecular formula is C17H19N5O2. The molecule has 2 fully saturated rings. The van der Waals surface area contributed by atoms with E-state index >= 15 is 0 Å². The number of nitrogens with zero attached hydrogens (tertiary/aromatic N) is 3. The zero-order chi connectivity index (χ0) is 17.1. The topological polar surface area (TPSA) is 118 Å². The van der Waals surface area contributed by atoms with Gasteiger partial charge in [-0.15, -0.1) is 0 Å². The molecule has 2 heterocycles. The van der Waals surface area contributed by atoms with Crippen LogP contribution in [0.25, 0.3) is 11.1 Å². The second kappa shape index (κ2) is 4.69. The van der Waals surface area contributed by atoms with Crippen molar-refractivity contribution >= 4 is 22.8 Å². The van der Waals surface area contributed by atoms with Crippen molar-refractivity contribution in [3.8, 4) is 6.07 Å². The average molecular weight is 325 g/mol. The summed E-state index contributed by atoms with van der Waals surface area (Å²) in [4.78, 5) is 21.0. The van der Waals surface area contributed by atoms with E-state index < -0.39 is 11.3 Å². The van der Waals surface area contributed by atoms with Crippen LogP contribution in [0.5, 0.6) is 0 Å². The van der Waals surface area contributed by atoms with E-state index in [0.717, 1.165) is 32.1 Å². The number of nitriles is 1. The second-order valence-electron chi connectivity index (χ2n) is 7.21. The van der Waals surface area contributed by atoms with Gasteiger partial charge >= 0.3 is 0 Å². The number of hydrogen-bond donors (Lipinski definition) is 2. The van der Waals surface area contributed by atoms with Crippen LogP contribution in [0.2, 0.25) is 0 Å². The molecule has 2 aromatic heterocycles. The van der Waals surface area contributed by atoms with Crippen molar-refractivity contribution in [2.75, 3.05) is 5.32 Å². The maximum atomic E-state index is 11.9. The summed E-state index contributed by atoms with van der Waals surface area (Å²) in [6.07, 6.45) is 4.53. The maximum absolute atomic E-state index is 11.9. The Kier molecular flexibility index (Phi) is 2.92. The smallest absolute Gasteiger partial charge is 0.253 e. The van der Waals surface area contributed by atoms with Gasteiger partial charge < -0.3 is 15.5 Å². The van der Waals surface area contributed by atoms with E-state index in [1.807, 2.05) is 0 Å². The number of carbonyl (C=O) groups excluding carboxylic acids is 1. The molecule has 0 aromatic carbocycles. The Morgan fingerprint density at radius 1 is 1.33 bits per heavy atom. The lowest BCUT2D eigenvalue weighted by Crippen LogP contribution is -2.35. The van der Waals surface area contributed by atoms with Gasteiger partial charge in [-0.05, 0) is 46.0 Å². The molecule has 7 nitrogen and oxygen atoms in total. The molecule has 0 atom stereocenters. The van der Waals surface area contributed by atoms with Crippen molar-refractivity contribution < 1.29 is 9.21 Å². The first kappa shape index (κ1) is 14.9. The minimum absolute atomic E-state index is 0.0436. The predicted octanol–water partition coefficient (Wildman–Crippen LogP) is 2.54. The SMILES string of the molecule is Cc1oc2nc(C3(C#N)CCC3)nc(NC3(C)CC3)c2c1C(N)=O. The van der Waals surface area contributed by atoms with Gasteiger partial charge in [-0.25, -0.2) is 4.98 Å². The lowest BCUT2D eigenvalue weighted by atomic mass is 9.69. The lowest BCUT2D eigenvalue weighted by molar-refractivity contribution is 0.1000. The second-order valence-corrected chi connectivity index (χ2v) is 7.21. The molecule has 4 rings (SSSR count). The van der Waals surface area contributed by atoms with Crippen LogP contribution in [0.15, 0.2) is 4.42 Å². The van der Waals surface area contributed by atoms with Crippen molar-refractivity contribution in [2.24, 2.45) is 5.73 Å². The number of carbonyl (C=O) groups is 1. The summed E-state index contributed by atoms with van der Waals surface area (Å²) in [6.45, 7) is 3.79. The number of rotatable bonds is 4.